The normalized spacial score (nSPS) is 15.7. The molecule has 1 aliphatic rings. The van der Waals surface area contributed by atoms with Crippen LogP contribution in [0.3, 0.4) is 0 Å². The molecule has 1 heterocycles. The molecular weight excluding hydrogens is 414 g/mol. The summed E-state index contributed by atoms with van der Waals surface area (Å²) in [5.74, 6) is -0.639. The highest BCUT2D eigenvalue weighted by atomic mass is 32.2. The van der Waals surface area contributed by atoms with Crippen LogP contribution >= 0.6 is 0 Å². The van der Waals surface area contributed by atoms with Crippen molar-refractivity contribution in [3.05, 3.63) is 76.7 Å². The Bertz CT molecular complexity index is 1270. The van der Waals surface area contributed by atoms with Gasteiger partial charge >= 0.3 is 0 Å². The van der Waals surface area contributed by atoms with E-state index in [9.17, 15) is 18.0 Å². The van der Waals surface area contributed by atoms with E-state index in [0.717, 1.165) is 0 Å². The summed E-state index contributed by atoms with van der Waals surface area (Å²) in [6.45, 7) is 1.73. The van der Waals surface area contributed by atoms with Crippen molar-refractivity contribution in [2.45, 2.75) is 42.2 Å². The molecular formula is C23H25N3O4S. The van der Waals surface area contributed by atoms with Crippen molar-refractivity contribution in [3.63, 3.8) is 0 Å². The second-order valence-electron chi connectivity index (χ2n) is 7.91. The van der Waals surface area contributed by atoms with Gasteiger partial charge in [0.25, 0.3) is 5.56 Å². The molecule has 7 nitrogen and oxygen atoms in total. The second kappa shape index (κ2) is 7.85. The van der Waals surface area contributed by atoms with Crippen LogP contribution in [-0.4, -0.2) is 28.4 Å². The van der Waals surface area contributed by atoms with Crippen molar-refractivity contribution in [1.82, 2.24) is 9.36 Å². The standard InChI is InChI=1S/C23H25N3O4S/c1-17-20(21(27)26(25(17)2)18-11-5-3-6-12-18)24-22(28)23(15-9-10-16-23)31(29,30)19-13-7-4-8-14-19/h3-8,11-14H,9-10,15-16H2,1-2H3,(H,24,28). The van der Waals surface area contributed by atoms with Crippen molar-refractivity contribution >= 4 is 21.4 Å². The maximum absolute atomic E-state index is 13.5. The third-order valence-electron chi connectivity index (χ3n) is 6.19. The Morgan fingerprint density at radius 3 is 2.10 bits per heavy atom. The van der Waals surface area contributed by atoms with Gasteiger partial charge in [0.1, 0.15) is 5.69 Å². The number of carbonyl (C=O) groups is 1. The number of nitrogens with zero attached hydrogens (tertiary/aromatic N) is 2. The van der Waals surface area contributed by atoms with Crippen molar-refractivity contribution < 1.29 is 13.2 Å². The predicted molar refractivity (Wildman–Crippen MR) is 119 cm³/mol. The summed E-state index contributed by atoms with van der Waals surface area (Å²) in [6.07, 6.45) is 1.74. The summed E-state index contributed by atoms with van der Waals surface area (Å²) in [5.41, 5.74) is 0.911. The molecule has 3 aromatic rings. The third-order valence-corrected chi connectivity index (χ3v) is 8.70. The van der Waals surface area contributed by atoms with E-state index in [2.05, 4.69) is 5.32 Å². The summed E-state index contributed by atoms with van der Waals surface area (Å²) in [5, 5.41) is 2.70. The molecule has 1 saturated carbocycles. The highest BCUT2D eigenvalue weighted by Gasteiger charge is 2.53. The van der Waals surface area contributed by atoms with Gasteiger partial charge in [-0.1, -0.05) is 49.2 Å². The van der Waals surface area contributed by atoms with E-state index in [1.54, 1.807) is 49.0 Å². The van der Waals surface area contributed by atoms with Gasteiger partial charge in [-0.3, -0.25) is 14.3 Å². The fourth-order valence-corrected chi connectivity index (χ4v) is 6.42. The van der Waals surface area contributed by atoms with Gasteiger partial charge in [0.15, 0.2) is 14.6 Å². The Hall–Kier alpha value is -3.13. The number of nitrogens with one attached hydrogen (secondary N) is 1. The highest BCUT2D eigenvalue weighted by Crippen LogP contribution is 2.41. The van der Waals surface area contributed by atoms with Crippen molar-refractivity contribution in [2.75, 3.05) is 5.32 Å². The number of aromatic nitrogens is 2. The Morgan fingerprint density at radius 2 is 1.52 bits per heavy atom. The summed E-state index contributed by atoms with van der Waals surface area (Å²) in [4.78, 5) is 26.8. The molecule has 162 valence electrons. The molecule has 0 radical (unpaired) electrons. The van der Waals surface area contributed by atoms with Gasteiger partial charge in [0.05, 0.1) is 16.3 Å². The molecule has 1 amide bonds. The first-order valence-electron chi connectivity index (χ1n) is 10.2. The SMILES string of the molecule is Cc1c(NC(=O)C2(S(=O)(=O)c3ccccc3)CCCC2)c(=O)n(-c2ccccc2)n1C. The first kappa shape index (κ1) is 21.1. The number of anilines is 1. The van der Waals surface area contributed by atoms with E-state index in [-0.39, 0.29) is 23.4 Å². The molecule has 31 heavy (non-hydrogen) atoms. The Morgan fingerprint density at radius 1 is 0.968 bits per heavy atom. The lowest BCUT2D eigenvalue weighted by Gasteiger charge is -2.27. The fourth-order valence-electron chi connectivity index (χ4n) is 4.33. The number of hydrogen-bond donors (Lipinski definition) is 1. The Labute approximate surface area is 181 Å². The van der Waals surface area contributed by atoms with Gasteiger partial charge < -0.3 is 5.32 Å². The van der Waals surface area contributed by atoms with Crippen LogP contribution in [0.25, 0.3) is 5.69 Å². The lowest BCUT2D eigenvalue weighted by atomic mass is 10.1. The average molecular weight is 440 g/mol. The van der Waals surface area contributed by atoms with Gasteiger partial charge in [0, 0.05) is 7.05 Å². The number of hydrogen-bond acceptors (Lipinski definition) is 4. The quantitative estimate of drug-likeness (QED) is 0.661. The number of sulfone groups is 1. The molecule has 1 aromatic heterocycles. The minimum Gasteiger partial charge on any atom is -0.319 e. The molecule has 1 fully saturated rings. The minimum atomic E-state index is -3.93. The van der Waals surface area contributed by atoms with Gasteiger partial charge in [0.2, 0.25) is 5.91 Å². The molecule has 0 unspecified atom stereocenters. The summed E-state index contributed by atoms with van der Waals surface area (Å²) in [7, 11) is -2.20. The first-order valence-corrected chi connectivity index (χ1v) is 11.7. The topological polar surface area (TPSA) is 90.2 Å². The Balaban J connectivity index is 1.76. The molecule has 8 heteroatoms. The van der Waals surface area contributed by atoms with E-state index in [4.69, 9.17) is 0 Å². The van der Waals surface area contributed by atoms with Gasteiger partial charge in [-0.05, 0) is 44.0 Å². The number of carbonyl (C=O) groups excluding carboxylic acids is 1. The van der Waals surface area contributed by atoms with Crippen LogP contribution in [-0.2, 0) is 21.7 Å². The minimum absolute atomic E-state index is 0.103. The van der Waals surface area contributed by atoms with Gasteiger partial charge in [-0.25, -0.2) is 13.1 Å². The van der Waals surface area contributed by atoms with Crippen molar-refractivity contribution in [1.29, 1.82) is 0 Å². The molecule has 0 saturated heterocycles. The van der Waals surface area contributed by atoms with Crippen molar-refractivity contribution in [2.24, 2.45) is 7.05 Å². The molecule has 1 N–H and O–H groups in total. The highest BCUT2D eigenvalue weighted by molar-refractivity contribution is 7.93. The van der Waals surface area contributed by atoms with Gasteiger partial charge in [-0.15, -0.1) is 0 Å². The molecule has 0 aliphatic heterocycles. The zero-order valence-corrected chi connectivity index (χ0v) is 18.4. The van der Waals surface area contributed by atoms with Crippen LogP contribution in [0, 0.1) is 6.92 Å². The van der Waals surface area contributed by atoms with Crippen LogP contribution in [0.4, 0.5) is 5.69 Å². The number of benzene rings is 2. The first-order chi connectivity index (χ1) is 14.8. The molecule has 1 aliphatic carbocycles. The van der Waals surface area contributed by atoms with E-state index < -0.39 is 26.1 Å². The molecule has 0 atom stereocenters. The summed E-state index contributed by atoms with van der Waals surface area (Å²) < 4.78 is 28.5. The molecule has 4 rings (SSSR count). The van der Waals surface area contributed by atoms with Crippen molar-refractivity contribution in [3.8, 4) is 5.69 Å². The largest absolute Gasteiger partial charge is 0.319 e. The zero-order valence-electron chi connectivity index (χ0n) is 17.5. The fraction of sp³-hybridized carbons (Fsp3) is 0.304. The lowest BCUT2D eigenvalue weighted by Crippen LogP contribution is -2.48. The number of rotatable bonds is 5. The van der Waals surface area contributed by atoms with E-state index >= 15 is 0 Å². The zero-order chi connectivity index (χ0) is 22.2. The smallest absolute Gasteiger partial charge is 0.295 e. The van der Waals surface area contributed by atoms with Crippen LogP contribution in [0.2, 0.25) is 0 Å². The number of para-hydroxylation sites is 1. The molecule has 0 bridgehead atoms. The third kappa shape index (κ3) is 3.31. The van der Waals surface area contributed by atoms with E-state index in [1.165, 1.54) is 16.8 Å². The lowest BCUT2D eigenvalue weighted by molar-refractivity contribution is -0.118. The summed E-state index contributed by atoms with van der Waals surface area (Å²) >= 11 is 0. The molecule has 0 spiro atoms. The van der Waals surface area contributed by atoms with Gasteiger partial charge in [-0.2, -0.15) is 0 Å². The maximum Gasteiger partial charge on any atom is 0.295 e. The van der Waals surface area contributed by atoms with Crippen LogP contribution in [0.5, 0.6) is 0 Å². The van der Waals surface area contributed by atoms with E-state index in [0.29, 0.717) is 24.2 Å². The van der Waals surface area contributed by atoms with Crippen LogP contribution < -0.4 is 10.9 Å². The monoisotopic (exact) mass is 439 g/mol. The Kier molecular flexibility index (Phi) is 5.35. The van der Waals surface area contributed by atoms with E-state index in [1.807, 2.05) is 18.2 Å². The van der Waals surface area contributed by atoms with Crippen LogP contribution in [0.15, 0.2) is 70.4 Å². The molecule has 2 aromatic carbocycles. The maximum atomic E-state index is 13.5. The average Bonchev–Trinajstić information content (AvgIpc) is 3.36. The predicted octanol–water partition coefficient (Wildman–Crippen LogP) is 3.21. The van der Waals surface area contributed by atoms with Crippen LogP contribution in [0.1, 0.15) is 31.4 Å². The number of amides is 1. The second-order valence-corrected chi connectivity index (χ2v) is 10.2. The summed E-state index contributed by atoms with van der Waals surface area (Å²) in [6, 6.07) is 17.1.